The summed E-state index contributed by atoms with van der Waals surface area (Å²) in [6.45, 7) is 2.72. The maximum Gasteiger partial charge on any atom is 0.332 e. The van der Waals surface area contributed by atoms with E-state index in [2.05, 4.69) is 4.99 Å². The average molecular weight is 314 g/mol. The molecule has 0 saturated heterocycles. The van der Waals surface area contributed by atoms with E-state index in [1.165, 1.54) is 15.2 Å². The van der Waals surface area contributed by atoms with Crippen LogP contribution in [0.15, 0.2) is 51.0 Å². The number of aliphatic imine (C=N–C) groups is 1. The maximum absolute atomic E-state index is 12.7. The highest BCUT2D eigenvalue weighted by molar-refractivity contribution is 5.59. The SMILES string of the molecule is CCCn1c(=O)cc(/N=C/N(C)C)n(Cc2ccccc2)c1=O. The molecule has 0 unspecified atom stereocenters. The predicted octanol–water partition coefficient (Wildman–Crippen LogP) is 1.69. The van der Waals surface area contributed by atoms with Crippen LogP contribution in [-0.2, 0) is 13.1 Å². The molecule has 6 nitrogen and oxygen atoms in total. The minimum atomic E-state index is -0.325. The Bertz CT molecular complexity index is 788. The molecule has 2 rings (SSSR count). The van der Waals surface area contributed by atoms with E-state index in [1.54, 1.807) is 11.2 Å². The van der Waals surface area contributed by atoms with Crippen molar-refractivity contribution in [2.45, 2.75) is 26.4 Å². The zero-order valence-corrected chi connectivity index (χ0v) is 13.8. The number of nitrogens with zero attached hydrogens (tertiary/aromatic N) is 4. The van der Waals surface area contributed by atoms with Crippen LogP contribution < -0.4 is 11.2 Å². The summed E-state index contributed by atoms with van der Waals surface area (Å²) in [5, 5.41) is 0. The number of hydrogen-bond donors (Lipinski definition) is 0. The normalized spacial score (nSPS) is 11.1. The van der Waals surface area contributed by atoms with E-state index >= 15 is 0 Å². The van der Waals surface area contributed by atoms with Gasteiger partial charge in [-0.15, -0.1) is 0 Å². The Kier molecular flexibility index (Phi) is 5.51. The standard InChI is InChI=1S/C17H22N4O2/c1-4-10-20-16(22)11-15(18-13-19(2)3)21(17(20)23)12-14-8-6-5-7-9-14/h5-9,11,13H,4,10,12H2,1-3H3/b18-13+. The van der Waals surface area contributed by atoms with Crippen molar-refractivity contribution in [2.75, 3.05) is 14.1 Å². The van der Waals surface area contributed by atoms with Gasteiger partial charge >= 0.3 is 5.69 Å². The summed E-state index contributed by atoms with van der Waals surface area (Å²) in [4.78, 5) is 30.9. The molecular formula is C17H22N4O2. The Balaban J connectivity index is 2.57. The molecule has 2 aromatic rings. The highest BCUT2D eigenvalue weighted by Gasteiger charge is 2.11. The summed E-state index contributed by atoms with van der Waals surface area (Å²) < 4.78 is 2.80. The third-order valence-corrected chi connectivity index (χ3v) is 3.31. The van der Waals surface area contributed by atoms with Gasteiger partial charge in [-0.05, 0) is 12.0 Å². The Hall–Kier alpha value is -2.63. The van der Waals surface area contributed by atoms with Gasteiger partial charge in [0.2, 0.25) is 0 Å². The molecule has 0 radical (unpaired) electrons. The molecule has 0 spiro atoms. The molecule has 0 fully saturated rings. The predicted molar refractivity (Wildman–Crippen MR) is 92.6 cm³/mol. The van der Waals surface area contributed by atoms with Crippen molar-refractivity contribution >= 4 is 12.2 Å². The topological polar surface area (TPSA) is 59.6 Å². The fraction of sp³-hybridized carbons (Fsp3) is 0.353. The van der Waals surface area contributed by atoms with E-state index in [0.717, 1.165) is 12.0 Å². The highest BCUT2D eigenvalue weighted by atomic mass is 16.2. The first-order valence-electron chi connectivity index (χ1n) is 7.62. The molecule has 0 amide bonds. The van der Waals surface area contributed by atoms with Crippen molar-refractivity contribution in [1.29, 1.82) is 0 Å². The number of aromatic nitrogens is 2. The monoisotopic (exact) mass is 314 g/mol. The van der Waals surface area contributed by atoms with Gasteiger partial charge in [-0.2, -0.15) is 0 Å². The van der Waals surface area contributed by atoms with E-state index in [1.807, 2.05) is 51.4 Å². The maximum atomic E-state index is 12.7. The lowest BCUT2D eigenvalue weighted by atomic mass is 10.2. The van der Waals surface area contributed by atoms with Gasteiger partial charge in [0.15, 0.2) is 0 Å². The fourth-order valence-electron chi connectivity index (χ4n) is 2.23. The summed E-state index contributed by atoms with van der Waals surface area (Å²) in [6, 6.07) is 11.1. The summed E-state index contributed by atoms with van der Waals surface area (Å²) in [5.74, 6) is 0.366. The largest absolute Gasteiger partial charge is 0.369 e. The zero-order valence-electron chi connectivity index (χ0n) is 13.8. The van der Waals surface area contributed by atoms with E-state index in [-0.39, 0.29) is 11.2 Å². The first-order chi connectivity index (χ1) is 11.0. The molecule has 0 saturated carbocycles. The Morgan fingerprint density at radius 1 is 1.13 bits per heavy atom. The van der Waals surface area contributed by atoms with Crippen LogP contribution in [0.4, 0.5) is 5.82 Å². The highest BCUT2D eigenvalue weighted by Crippen LogP contribution is 2.10. The molecule has 0 bridgehead atoms. The lowest BCUT2D eigenvalue weighted by Crippen LogP contribution is -2.39. The first kappa shape index (κ1) is 16.7. The quantitative estimate of drug-likeness (QED) is 0.602. The third kappa shape index (κ3) is 4.18. The van der Waals surface area contributed by atoms with Crippen LogP contribution in [0.5, 0.6) is 0 Å². The van der Waals surface area contributed by atoms with Crippen LogP contribution in [0.25, 0.3) is 0 Å². The molecule has 6 heteroatoms. The third-order valence-electron chi connectivity index (χ3n) is 3.31. The Labute approximate surface area is 135 Å². The average Bonchev–Trinajstić information content (AvgIpc) is 2.53. The minimum absolute atomic E-state index is 0.313. The van der Waals surface area contributed by atoms with Crippen LogP contribution in [0, 0.1) is 0 Å². The van der Waals surface area contributed by atoms with Gasteiger partial charge in [0.25, 0.3) is 5.56 Å². The molecule has 0 aliphatic carbocycles. The van der Waals surface area contributed by atoms with Crippen molar-refractivity contribution < 1.29 is 0 Å². The molecule has 23 heavy (non-hydrogen) atoms. The Morgan fingerprint density at radius 2 is 1.83 bits per heavy atom. The lowest BCUT2D eigenvalue weighted by Gasteiger charge is -2.13. The van der Waals surface area contributed by atoms with Crippen LogP contribution in [0.1, 0.15) is 18.9 Å². The first-order valence-corrected chi connectivity index (χ1v) is 7.62. The van der Waals surface area contributed by atoms with Gasteiger partial charge in [-0.3, -0.25) is 13.9 Å². The summed E-state index contributed by atoms with van der Waals surface area (Å²) in [7, 11) is 3.67. The number of hydrogen-bond acceptors (Lipinski definition) is 3. The summed E-state index contributed by atoms with van der Waals surface area (Å²) in [6.07, 6.45) is 2.31. The number of rotatable bonds is 6. The summed E-state index contributed by atoms with van der Waals surface area (Å²) in [5.41, 5.74) is 0.346. The fourth-order valence-corrected chi connectivity index (χ4v) is 2.23. The van der Waals surface area contributed by atoms with Gasteiger partial charge < -0.3 is 4.90 Å². The zero-order chi connectivity index (χ0) is 16.8. The van der Waals surface area contributed by atoms with Crippen LogP contribution in [0.2, 0.25) is 0 Å². The number of benzene rings is 1. The second-order valence-electron chi connectivity index (χ2n) is 5.55. The smallest absolute Gasteiger partial charge is 0.332 e. The lowest BCUT2D eigenvalue weighted by molar-refractivity contribution is 0.567. The van der Waals surface area contributed by atoms with Crippen molar-refractivity contribution in [2.24, 2.45) is 4.99 Å². The second kappa shape index (κ2) is 7.58. The van der Waals surface area contributed by atoms with Gasteiger partial charge in [0, 0.05) is 26.7 Å². The molecule has 1 aromatic heterocycles. The Morgan fingerprint density at radius 3 is 2.43 bits per heavy atom. The molecular weight excluding hydrogens is 292 g/mol. The molecule has 0 atom stereocenters. The molecule has 1 aromatic carbocycles. The van der Waals surface area contributed by atoms with Gasteiger partial charge in [0.1, 0.15) is 5.82 Å². The van der Waals surface area contributed by atoms with Gasteiger partial charge in [-0.1, -0.05) is 37.3 Å². The van der Waals surface area contributed by atoms with Crippen molar-refractivity contribution in [3.63, 3.8) is 0 Å². The van der Waals surface area contributed by atoms with Crippen LogP contribution >= 0.6 is 0 Å². The molecule has 0 aliphatic heterocycles. The van der Waals surface area contributed by atoms with Gasteiger partial charge in [0.05, 0.1) is 12.9 Å². The van der Waals surface area contributed by atoms with E-state index in [4.69, 9.17) is 0 Å². The molecule has 0 N–H and O–H groups in total. The second-order valence-corrected chi connectivity index (χ2v) is 5.55. The molecule has 1 heterocycles. The minimum Gasteiger partial charge on any atom is -0.369 e. The molecule has 0 aliphatic rings. The van der Waals surface area contributed by atoms with Crippen molar-refractivity contribution in [1.82, 2.24) is 14.0 Å². The van der Waals surface area contributed by atoms with E-state index < -0.39 is 0 Å². The van der Waals surface area contributed by atoms with Crippen molar-refractivity contribution in [3.8, 4) is 0 Å². The molecule has 122 valence electrons. The van der Waals surface area contributed by atoms with Crippen molar-refractivity contribution in [3.05, 3.63) is 62.8 Å². The summed E-state index contributed by atoms with van der Waals surface area (Å²) >= 11 is 0. The van der Waals surface area contributed by atoms with Crippen LogP contribution in [-0.4, -0.2) is 34.5 Å². The van der Waals surface area contributed by atoms with Crippen LogP contribution in [0.3, 0.4) is 0 Å². The van der Waals surface area contributed by atoms with E-state index in [0.29, 0.717) is 18.9 Å². The van der Waals surface area contributed by atoms with Gasteiger partial charge in [-0.25, -0.2) is 9.79 Å². The van der Waals surface area contributed by atoms with E-state index in [9.17, 15) is 9.59 Å².